The molecular weight excluding hydrogens is 394 g/mol. The summed E-state index contributed by atoms with van der Waals surface area (Å²) >= 11 is 1.59. The van der Waals surface area contributed by atoms with Gasteiger partial charge in [-0.3, -0.25) is 4.98 Å². The lowest BCUT2D eigenvalue weighted by molar-refractivity contribution is 0.414. The topological polar surface area (TPSA) is 52.5 Å². The van der Waals surface area contributed by atoms with Crippen LogP contribution in [0.1, 0.15) is 5.56 Å². The number of methoxy groups -OCH3 is 1. The second-order valence-corrected chi connectivity index (χ2v) is 7.65. The molecule has 3 aromatic heterocycles. The molecule has 148 valence electrons. The predicted molar refractivity (Wildman–Crippen MR) is 119 cm³/mol. The number of hydrogen-bond acceptors (Lipinski definition) is 5. The number of rotatable bonds is 5. The van der Waals surface area contributed by atoms with Crippen LogP contribution in [-0.2, 0) is 6.54 Å². The van der Waals surface area contributed by atoms with Gasteiger partial charge in [0.25, 0.3) is 0 Å². The summed E-state index contributed by atoms with van der Waals surface area (Å²) in [5, 5.41) is 3.18. The van der Waals surface area contributed by atoms with Crippen LogP contribution < -0.4 is 9.54 Å². The Morgan fingerprint density at radius 3 is 2.70 bits per heavy atom. The number of pyridine rings is 1. The van der Waals surface area contributed by atoms with Crippen molar-refractivity contribution in [1.29, 1.82) is 0 Å². The standard InChI is InChI=1S/C24H19N3O2S/c1-28-20-10-8-17(9-11-20)15-27-21(23-13-18-5-2-3-7-22(18)29-23)16-30-24(27)26-19-6-4-12-25-14-19/h2-14,16H,15H2,1H3. The molecule has 0 saturated heterocycles. The number of fused-ring (bicyclic) bond motifs is 1. The van der Waals surface area contributed by atoms with E-state index in [9.17, 15) is 0 Å². The molecule has 0 spiro atoms. The quantitative estimate of drug-likeness (QED) is 0.374. The normalized spacial score (nSPS) is 11.8. The van der Waals surface area contributed by atoms with Crippen LogP contribution in [0.15, 0.2) is 93.9 Å². The molecule has 0 saturated carbocycles. The molecule has 0 aliphatic carbocycles. The molecule has 0 radical (unpaired) electrons. The average Bonchev–Trinajstić information content (AvgIpc) is 3.39. The molecule has 5 nitrogen and oxygen atoms in total. The molecule has 0 fully saturated rings. The van der Waals surface area contributed by atoms with E-state index in [4.69, 9.17) is 14.1 Å². The van der Waals surface area contributed by atoms with Crippen molar-refractivity contribution >= 4 is 28.0 Å². The summed E-state index contributed by atoms with van der Waals surface area (Å²) < 4.78 is 13.6. The van der Waals surface area contributed by atoms with E-state index < -0.39 is 0 Å². The lowest BCUT2D eigenvalue weighted by Crippen LogP contribution is -2.16. The van der Waals surface area contributed by atoms with Gasteiger partial charge in [0.15, 0.2) is 10.6 Å². The smallest absolute Gasteiger partial charge is 0.190 e. The van der Waals surface area contributed by atoms with Crippen LogP contribution in [0.2, 0.25) is 0 Å². The predicted octanol–water partition coefficient (Wildman–Crippen LogP) is 5.65. The van der Waals surface area contributed by atoms with E-state index in [1.165, 1.54) is 0 Å². The van der Waals surface area contributed by atoms with E-state index >= 15 is 0 Å². The fraction of sp³-hybridized carbons (Fsp3) is 0.0833. The van der Waals surface area contributed by atoms with E-state index in [1.54, 1.807) is 30.8 Å². The summed E-state index contributed by atoms with van der Waals surface area (Å²) in [6.45, 7) is 0.666. The Balaban J connectivity index is 1.63. The largest absolute Gasteiger partial charge is 0.497 e. The third-order valence-corrected chi connectivity index (χ3v) is 5.71. The zero-order valence-electron chi connectivity index (χ0n) is 16.4. The number of thiazole rings is 1. The molecule has 3 heterocycles. The molecule has 0 N–H and O–H groups in total. The maximum absolute atomic E-state index is 6.14. The number of furan rings is 1. The second kappa shape index (κ2) is 8.00. The number of para-hydroxylation sites is 1. The molecule has 5 rings (SSSR count). The summed E-state index contributed by atoms with van der Waals surface area (Å²) in [6.07, 6.45) is 3.51. The molecule has 6 heteroatoms. The Bertz CT molecular complexity index is 1320. The van der Waals surface area contributed by atoms with Gasteiger partial charge in [0, 0.05) is 17.0 Å². The van der Waals surface area contributed by atoms with Gasteiger partial charge in [-0.05, 0) is 42.0 Å². The fourth-order valence-electron chi connectivity index (χ4n) is 3.32. The van der Waals surface area contributed by atoms with Crippen molar-refractivity contribution in [3.05, 3.63) is 94.9 Å². The number of benzene rings is 2. The monoisotopic (exact) mass is 413 g/mol. The molecule has 0 aliphatic heterocycles. The minimum Gasteiger partial charge on any atom is -0.497 e. The highest BCUT2D eigenvalue weighted by Crippen LogP contribution is 2.29. The van der Waals surface area contributed by atoms with Crippen molar-refractivity contribution in [2.45, 2.75) is 6.54 Å². The first-order chi connectivity index (χ1) is 14.8. The Morgan fingerprint density at radius 2 is 1.93 bits per heavy atom. The number of hydrogen-bond donors (Lipinski definition) is 0. The highest BCUT2D eigenvalue weighted by Gasteiger charge is 2.13. The van der Waals surface area contributed by atoms with Gasteiger partial charge in [0.05, 0.1) is 31.2 Å². The molecular formula is C24H19N3O2S. The zero-order chi connectivity index (χ0) is 20.3. The molecule has 5 aromatic rings. The summed E-state index contributed by atoms with van der Waals surface area (Å²) in [5.41, 5.74) is 3.84. The van der Waals surface area contributed by atoms with Gasteiger partial charge >= 0.3 is 0 Å². The van der Waals surface area contributed by atoms with Crippen molar-refractivity contribution in [2.75, 3.05) is 7.11 Å². The van der Waals surface area contributed by atoms with E-state index in [-0.39, 0.29) is 0 Å². The van der Waals surface area contributed by atoms with Crippen LogP contribution in [0.4, 0.5) is 5.69 Å². The van der Waals surface area contributed by atoms with Crippen LogP contribution in [0, 0.1) is 0 Å². The third kappa shape index (κ3) is 3.65. The van der Waals surface area contributed by atoms with Gasteiger partial charge < -0.3 is 13.7 Å². The Kier molecular flexibility index (Phi) is 4.91. The number of nitrogens with zero attached hydrogens (tertiary/aromatic N) is 3. The van der Waals surface area contributed by atoms with Crippen LogP contribution in [0.5, 0.6) is 5.75 Å². The lowest BCUT2D eigenvalue weighted by atomic mass is 10.2. The average molecular weight is 414 g/mol. The molecule has 0 bridgehead atoms. The van der Waals surface area contributed by atoms with E-state index in [2.05, 4.69) is 39.2 Å². The van der Waals surface area contributed by atoms with Gasteiger partial charge in [-0.1, -0.05) is 30.3 Å². The summed E-state index contributed by atoms with van der Waals surface area (Å²) in [6, 6.07) is 22.0. The molecule has 0 aliphatic rings. The van der Waals surface area contributed by atoms with Crippen molar-refractivity contribution < 1.29 is 9.15 Å². The second-order valence-electron chi connectivity index (χ2n) is 6.81. The lowest BCUT2D eigenvalue weighted by Gasteiger charge is -2.08. The van der Waals surface area contributed by atoms with Crippen molar-refractivity contribution in [2.24, 2.45) is 4.99 Å². The maximum Gasteiger partial charge on any atom is 0.190 e. The SMILES string of the molecule is COc1ccc(Cn2c(-c3cc4ccccc4o3)csc2=Nc2cccnc2)cc1. The minimum atomic E-state index is 0.666. The molecule has 30 heavy (non-hydrogen) atoms. The number of ether oxygens (including phenoxy) is 1. The van der Waals surface area contributed by atoms with Gasteiger partial charge in [-0.25, -0.2) is 4.99 Å². The van der Waals surface area contributed by atoms with Crippen LogP contribution in [0.25, 0.3) is 22.4 Å². The van der Waals surface area contributed by atoms with Crippen LogP contribution in [0.3, 0.4) is 0 Å². The highest BCUT2D eigenvalue weighted by atomic mass is 32.1. The summed E-state index contributed by atoms with van der Waals surface area (Å²) in [7, 11) is 1.67. The van der Waals surface area contributed by atoms with Crippen LogP contribution in [-0.4, -0.2) is 16.7 Å². The third-order valence-electron chi connectivity index (χ3n) is 4.85. The maximum atomic E-state index is 6.14. The molecule has 2 aromatic carbocycles. The zero-order valence-corrected chi connectivity index (χ0v) is 17.2. The van der Waals surface area contributed by atoms with Crippen LogP contribution >= 0.6 is 11.3 Å². The summed E-state index contributed by atoms with van der Waals surface area (Å²) in [5.74, 6) is 1.67. The van der Waals surface area contributed by atoms with E-state index in [1.807, 2.05) is 42.5 Å². The van der Waals surface area contributed by atoms with Crippen molar-refractivity contribution in [3.8, 4) is 17.2 Å². The first-order valence-corrected chi connectivity index (χ1v) is 10.4. The summed E-state index contributed by atoms with van der Waals surface area (Å²) in [4.78, 5) is 9.88. The Morgan fingerprint density at radius 1 is 1.07 bits per heavy atom. The first-order valence-electron chi connectivity index (χ1n) is 9.55. The van der Waals surface area contributed by atoms with E-state index in [0.717, 1.165) is 44.2 Å². The number of aromatic nitrogens is 2. The van der Waals surface area contributed by atoms with E-state index in [0.29, 0.717) is 6.54 Å². The van der Waals surface area contributed by atoms with Gasteiger partial charge in [0.2, 0.25) is 0 Å². The minimum absolute atomic E-state index is 0.666. The first kappa shape index (κ1) is 18.4. The Labute approximate surface area is 177 Å². The van der Waals surface area contributed by atoms with Gasteiger partial charge in [-0.2, -0.15) is 0 Å². The molecule has 0 unspecified atom stereocenters. The van der Waals surface area contributed by atoms with Gasteiger partial charge in [0.1, 0.15) is 11.3 Å². The Hall–Kier alpha value is -3.64. The van der Waals surface area contributed by atoms with Crippen molar-refractivity contribution in [3.63, 3.8) is 0 Å². The molecule has 0 atom stereocenters. The molecule has 0 amide bonds. The highest BCUT2D eigenvalue weighted by molar-refractivity contribution is 7.07. The van der Waals surface area contributed by atoms with Gasteiger partial charge in [-0.15, -0.1) is 11.3 Å². The fourth-order valence-corrected chi connectivity index (χ4v) is 4.23. The van der Waals surface area contributed by atoms with Crippen molar-refractivity contribution in [1.82, 2.24) is 9.55 Å².